The fourth-order valence-electron chi connectivity index (χ4n) is 3.83. The minimum atomic E-state index is -4.85. The summed E-state index contributed by atoms with van der Waals surface area (Å²) >= 11 is 0. The summed E-state index contributed by atoms with van der Waals surface area (Å²) in [5.74, 6) is -1.80. The zero-order chi connectivity index (χ0) is 28.3. The number of methoxy groups -OCH3 is 1. The van der Waals surface area contributed by atoms with Crippen LogP contribution < -0.4 is 20.5 Å². The fraction of sp³-hybridized carbons (Fsp3) is 0.200. The maximum absolute atomic E-state index is 13.2. The molecule has 2 aromatic carbocycles. The van der Waals surface area contributed by atoms with E-state index in [1.54, 1.807) is 44.0 Å². The molecular formula is C25H22F3N5O4. The molecule has 4 rings (SSSR count). The maximum atomic E-state index is 13.2. The van der Waals surface area contributed by atoms with Crippen LogP contribution in [0.4, 0.5) is 13.2 Å². The van der Waals surface area contributed by atoms with Gasteiger partial charge in [0.1, 0.15) is 11.3 Å². The molecule has 0 saturated heterocycles. The lowest BCUT2D eigenvalue weighted by molar-refractivity contribution is -0.274. The van der Waals surface area contributed by atoms with Crippen LogP contribution in [0.25, 0.3) is 22.0 Å². The molecule has 1 atom stereocenters. The largest absolute Gasteiger partial charge is 0.573 e. The lowest BCUT2D eigenvalue weighted by atomic mass is 10.0. The molecular weight excluding hydrogens is 491 g/mol. The van der Waals surface area contributed by atoms with Gasteiger partial charge in [-0.3, -0.25) is 14.3 Å². The van der Waals surface area contributed by atoms with E-state index >= 15 is 0 Å². The van der Waals surface area contributed by atoms with Crippen LogP contribution in [0.3, 0.4) is 0 Å². The van der Waals surface area contributed by atoms with Crippen molar-refractivity contribution in [3.8, 4) is 22.8 Å². The molecule has 192 valence electrons. The Labute approximate surface area is 211 Å². The van der Waals surface area contributed by atoms with E-state index in [9.17, 15) is 22.8 Å². The van der Waals surface area contributed by atoms with Gasteiger partial charge in [-0.05, 0) is 48.4 Å². The Morgan fingerprint density at radius 3 is 2.73 bits per heavy atom. The van der Waals surface area contributed by atoms with Crippen LogP contribution in [-0.2, 0) is 7.05 Å². The predicted molar refractivity (Wildman–Crippen MR) is 128 cm³/mol. The SMILES string of the molecule is [2H]COc1ncc(-c2ccc3c(C(=O)N[2H])nn(C)c3c2)cc1C(=O)N[C@@H](C)c1cccc(OC(F)(F)F)c1. The highest BCUT2D eigenvalue weighted by molar-refractivity contribution is 6.05. The number of carbonyl (C=O) groups is 2. The zero-order valence-corrected chi connectivity index (χ0v) is 19.6. The minimum Gasteiger partial charge on any atom is -0.480 e. The highest BCUT2D eigenvalue weighted by atomic mass is 19.4. The van der Waals surface area contributed by atoms with Crippen LogP contribution in [0.15, 0.2) is 54.7 Å². The summed E-state index contributed by atoms with van der Waals surface area (Å²) in [7, 11) is 1.14. The Hall–Kier alpha value is -4.61. The number of primary amides is 1. The molecule has 2 amide bonds. The van der Waals surface area contributed by atoms with Crippen molar-refractivity contribution in [2.75, 3.05) is 7.09 Å². The number of halogens is 3. The van der Waals surface area contributed by atoms with Crippen molar-refractivity contribution in [3.63, 3.8) is 0 Å². The summed E-state index contributed by atoms with van der Waals surface area (Å²) in [5.41, 5.74) is 4.01. The van der Waals surface area contributed by atoms with Gasteiger partial charge in [-0.2, -0.15) is 5.10 Å². The van der Waals surface area contributed by atoms with Crippen molar-refractivity contribution >= 4 is 22.7 Å². The van der Waals surface area contributed by atoms with Crippen molar-refractivity contribution in [2.24, 2.45) is 12.8 Å². The molecule has 0 bridgehead atoms. The number of ether oxygens (including phenoxy) is 2. The molecule has 2 aromatic heterocycles. The van der Waals surface area contributed by atoms with Gasteiger partial charge in [-0.1, -0.05) is 18.2 Å². The Morgan fingerprint density at radius 1 is 1.19 bits per heavy atom. The number of carbonyl (C=O) groups excluding carboxylic acids is 2. The van der Waals surface area contributed by atoms with E-state index in [0.29, 0.717) is 27.6 Å². The number of hydrogen-bond donors (Lipinski definition) is 2. The second-order valence-corrected chi connectivity index (χ2v) is 8.07. The van der Waals surface area contributed by atoms with Crippen molar-refractivity contribution in [1.82, 2.24) is 20.1 Å². The van der Waals surface area contributed by atoms with Gasteiger partial charge >= 0.3 is 6.36 Å². The number of fused-ring (bicyclic) bond motifs is 1. The molecule has 0 aliphatic carbocycles. The average molecular weight is 515 g/mol. The Balaban J connectivity index is 1.64. The normalized spacial score (nSPS) is 12.9. The number of nitrogens with one attached hydrogen (secondary N) is 1. The molecule has 9 nitrogen and oxygen atoms in total. The summed E-state index contributed by atoms with van der Waals surface area (Å²) in [4.78, 5) is 29.4. The summed E-state index contributed by atoms with van der Waals surface area (Å²) in [5, 5.41) is 7.39. The van der Waals surface area contributed by atoms with Crippen LogP contribution in [0.1, 0.15) is 40.7 Å². The Morgan fingerprint density at radius 2 is 2.00 bits per heavy atom. The topological polar surface area (TPSA) is 121 Å². The summed E-state index contributed by atoms with van der Waals surface area (Å²) < 4.78 is 62.9. The van der Waals surface area contributed by atoms with Gasteiger partial charge in [0.2, 0.25) is 5.88 Å². The number of nitrogens with zero attached hydrogens (tertiary/aromatic N) is 3. The van der Waals surface area contributed by atoms with Crippen molar-refractivity contribution in [2.45, 2.75) is 19.3 Å². The molecule has 0 aliphatic heterocycles. The molecule has 12 heteroatoms. The van der Waals surface area contributed by atoms with E-state index < -0.39 is 37.1 Å². The average Bonchev–Trinajstić information content (AvgIpc) is 3.23. The number of alkyl halides is 3. The number of aryl methyl sites for hydroxylation is 1. The first-order valence-electron chi connectivity index (χ1n) is 12.0. The van der Waals surface area contributed by atoms with Crippen LogP contribution in [0, 0.1) is 0 Å². The van der Waals surface area contributed by atoms with E-state index in [1.807, 2.05) is 0 Å². The second-order valence-electron chi connectivity index (χ2n) is 8.07. The molecule has 0 fully saturated rings. The highest BCUT2D eigenvalue weighted by Gasteiger charge is 2.31. The lowest BCUT2D eigenvalue weighted by Crippen LogP contribution is -2.27. The summed E-state index contributed by atoms with van der Waals surface area (Å²) in [6, 6.07) is 11.1. The van der Waals surface area contributed by atoms with Crippen molar-refractivity contribution in [3.05, 3.63) is 71.5 Å². The van der Waals surface area contributed by atoms with Crippen molar-refractivity contribution < 1.29 is 35.0 Å². The summed E-state index contributed by atoms with van der Waals surface area (Å²) in [6.07, 6.45) is -3.40. The number of rotatable bonds is 7. The van der Waals surface area contributed by atoms with Crippen LogP contribution in [-0.4, -0.2) is 40.0 Å². The van der Waals surface area contributed by atoms with Crippen LogP contribution in [0.5, 0.6) is 11.6 Å². The van der Waals surface area contributed by atoms with Gasteiger partial charge in [-0.15, -0.1) is 13.2 Å². The third kappa shape index (κ3) is 5.47. The molecule has 4 aromatic rings. The zero-order valence-electron chi connectivity index (χ0n) is 21.6. The Kier molecular flexibility index (Phi) is 6.05. The quantitative estimate of drug-likeness (QED) is 0.382. The van der Waals surface area contributed by atoms with Gasteiger partial charge < -0.3 is 20.5 Å². The number of hydrogen-bond acceptors (Lipinski definition) is 6. The second kappa shape index (κ2) is 9.80. The van der Waals surface area contributed by atoms with Gasteiger partial charge in [0.05, 0.1) is 20.0 Å². The number of nitrogens with two attached hydrogens (primary N) is 1. The third-order valence-corrected chi connectivity index (χ3v) is 5.57. The molecule has 0 saturated carbocycles. The first-order valence-corrected chi connectivity index (χ1v) is 10.8. The molecule has 0 unspecified atom stereocenters. The van der Waals surface area contributed by atoms with E-state index in [0.717, 1.165) is 6.07 Å². The minimum absolute atomic E-state index is 0.00803. The maximum Gasteiger partial charge on any atom is 0.573 e. The molecule has 0 spiro atoms. The fourth-order valence-corrected chi connectivity index (χ4v) is 3.83. The number of aromatic nitrogens is 3. The standard InChI is InChI=1S/C25H22F3N5O4/c1-13(14-5-4-6-17(9-14)37-25(26,27)28)31-23(35)19-10-16(12-30-24(19)36-3)15-7-8-18-20(11-15)33(2)32-21(18)22(29)34/h4-13H,1-3H3,(H2,29,34)(H,31,35)/t13-/m0/s1/i3D/hD. The van der Waals surface area contributed by atoms with Gasteiger partial charge in [0.15, 0.2) is 7.11 Å². The lowest BCUT2D eigenvalue weighted by Gasteiger charge is -2.17. The predicted octanol–water partition coefficient (Wildman–Crippen LogP) is 4.13. The number of pyridine rings is 1. The van der Waals surface area contributed by atoms with E-state index in [1.165, 1.54) is 29.1 Å². The van der Waals surface area contributed by atoms with Crippen LogP contribution >= 0.6 is 0 Å². The number of amides is 2. The first kappa shape index (κ1) is 22.8. The van der Waals surface area contributed by atoms with Crippen molar-refractivity contribution in [1.29, 1.82) is 0 Å². The van der Waals surface area contributed by atoms with E-state index in [4.69, 9.17) is 7.52 Å². The summed E-state index contributed by atoms with van der Waals surface area (Å²) in [6.45, 7) is 1.59. The monoisotopic (exact) mass is 515 g/mol. The number of benzene rings is 2. The molecule has 2 heterocycles. The molecule has 3 N–H and O–H groups in total. The van der Waals surface area contributed by atoms with Gasteiger partial charge in [0, 0.05) is 24.2 Å². The molecule has 0 radical (unpaired) electrons. The van der Waals surface area contributed by atoms with E-state index in [-0.39, 0.29) is 17.1 Å². The van der Waals surface area contributed by atoms with E-state index in [2.05, 4.69) is 20.1 Å². The molecule has 0 aliphatic rings. The van der Waals surface area contributed by atoms with Gasteiger partial charge in [0.25, 0.3) is 11.8 Å². The smallest absolute Gasteiger partial charge is 0.480 e. The Bertz CT molecular complexity index is 1540. The van der Waals surface area contributed by atoms with Crippen LogP contribution in [0.2, 0.25) is 1.41 Å². The third-order valence-electron chi connectivity index (χ3n) is 5.57. The molecule has 37 heavy (non-hydrogen) atoms. The first-order chi connectivity index (χ1) is 18.5. The highest BCUT2D eigenvalue weighted by Crippen LogP contribution is 2.30. The van der Waals surface area contributed by atoms with Gasteiger partial charge in [-0.25, -0.2) is 4.98 Å².